The van der Waals surface area contributed by atoms with Crippen molar-refractivity contribution in [1.82, 2.24) is 20.2 Å². The third kappa shape index (κ3) is 4.36. The quantitative estimate of drug-likeness (QED) is 0.661. The van der Waals surface area contributed by atoms with Gasteiger partial charge < -0.3 is 10.1 Å². The van der Waals surface area contributed by atoms with Crippen molar-refractivity contribution >= 4 is 23.4 Å². The molecule has 0 aliphatic rings. The zero-order valence-corrected chi connectivity index (χ0v) is 14.6. The lowest BCUT2D eigenvalue weighted by Gasteiger charge is -2.10. The smallest absolute Gasteiger partial charge is 0.234 e. The summed E-state index contributed by atoms with van der Waals surface area (Å²) < 4.78 is 5.26. The van der Waals surface area contributed by atoms with Gasteiger partial charge in [-0.2, -0.15) is 0 Å². The largest absolute Gasteiger partial charge is 0.495 e. The SMILES string of the molecule is COc1ccc(C)cc1NC(=O)CSc1n[nH]c(-c2ccncc2)n1. The number of benzene rings is 1. The Bertz CT molecular complexity index is 866. The topological polar surface area (TPSA) is 92.8 Å². The van der Waals surface area contributed by atoms with Crippen LogP contribution in [0.2, 0.25) is 0 Å². The first-order valence-corrected chi connectivity index (χ1v) is 8.54. The molecule has 0 aliphatic heterocycles. The molecule has 2 N–H and O–H groups in total. The van der Waals surface area contributed by atoms with E-state index in [0.717, 1.165) is 11.1 Å². The molecule has 1 aromatic carbocycles. The first kappa shape index (κ1) is 17.0. The average molecular weight is 355 g/mol. The lowest BCUT2D eigenvalue weighted by atomic mass is 10.2. The zero-order valence-electron chi connectivity index (χ0n) is 13.8. The second-order valence-electron chi connectivity index (χ2n) is 5.24. The van der Waals surface area contributed by atoms with Crippen LogP contribution in [-0.2, 0) is 4.79 Å². The van der Waals surface area contributed by atoms with E-state index in [1.807, 2.05) is 37.3 Å². The summed E-state index contributed by atoms with van der Waals surface area (Å²) in [5.41, 5.74) is 2.59. The van der Waals surface area contributed by atoms with Crippen molar-refractivity contribution in [3.63, 3.8) is 0 Å². The van der Waals surface area contributed by atoms with E-state index in [1.165, 1.54) is 11.8 Å². The number of carbonyl (C=O) groups excluding carboxylic acids is 1. The normalized spacial score (nSPS) is 10.5. The fourth-order valence-corrected chi connectivity index (χ4v) is 2.78. The summed E-state index contributed by atoms with van der Waals surface area (Å²) in [6.07, 6.45) is 3.38. The maximum absolute atomic E-state index is 12.2. The minimum atomic E-state index is -0.149. The minimum absolute atomic E-state index is 0.149. The third-order valence-electron chi connectivity index (χ3n) is 3.38. The molecule has 25 heavy (non-hydrogen) atoms. The fraction of sp³-hybridized carbons (Fsp3) is 0.176. The van der Waals surface area contributed by atoms with Crippen LogP contribution in [0.1, 0.15) is 5.56 Å². The van der Waals surface area contributed by atoms with Gasteiger partial charge in [-0.15, -0.1) is 5.10 Å². The predicted molar refractivity (Wildman–Crippen MR) is 96.7 cm³/mol. The van der Waals surface area contributed by atoms with E-state index in [0.29, 0.717) is 22.4 Å². The second-order valence-corrected chi connectivity index (χ2v) is 6.19. The first-order chi connectivity index (χ1) is 12.2. The van der Waals surface area contributed by atoms with Crippen molar-refractivity contribution in [3.8, 4) is 17.1 Å². The van der Waals surface area contributed by atoms with Crippen LogP contribution >= 0.6 is 11.8 Å². The van der Waals surface area contributed by atoms with Crippen LogP contribution in [0.15, 0.2) is 47.9 Å². The highest BCUT2D eigenvalue weighted by atomic mass is 32.2. The van der Waals surface area contributed by atoms with Gasteiger partial charge in [0.25, 0.3) is 0 Å². The van der Waals surface area contributed by atoms with E-state index in [-0.39, 0.29) is 11.7 Å². The molecule has 7 nitrogen and oxygen atoms in total. The molecule has 0 saturated carbocycles. The first-order valence-electron chi connectivity index (χ1n) is 7.56. The number of pyridine rings is 1. The van der Waals surface area contributed by atoms with Crippen LogP contribution < -0.4 is 10.1 Å². The highest BCUT2D eigenvalue weighted by Gasteiger charge is 2.11. The van der Waals surface area contributed by atoms with E-state index in [4.69, 9.17) is 4.74 Å². The van der Waals surface area contributed by atoms with Crippen molar-refractivity contribution in [3.05, 3.63) is 48.3 Å². The molecule has 3 aromatic rings. The van der Waals surface area contributed by atoms with E-state index in [1.54, 1.807) is 19.5 Å². The third-order valence-corrected chi connectivity index (χ3v) is 4.23. The van der Waals surface area contributed by atoms with Crippen LogP contribution in [0.25, 0.3) is 11.4 Å². The Morgan fingerprint density at radius 1 is 1.28 bits per heavy atom. The summed E-state index contributed by atoms with van der Waals surface area (Å²) in [4.78, 5) is 20.5. The molecule has 2 aromatic heterocycles. The number of nitrogens with one attached hydrogen (secondary N) is 2. The molecule has 0 unspecified atom stereocenters. The average Bonchev–Trinajstić information content (AvgIpc) is 3.10. The van der Waals surface area contributed by atoms with Crippen molar-refractivity contribution < 1.29 is 9.53 Å². The lowest BCUT2D eigenvalue weighted by molar-refractivity contribution is -0.113. The maximum Gasteiger partial charge on any atom is 0.234 e. The van der Waals surface area contributed by atoms with Gasteiger partial charge in [0.05, 0.1) is 18.6 Å². The van der Waals surface area contributed by atoms with Gasteiger partial charge in [-0.05, 0) is 36.8 Å². The summed E-state index contributed by atoms with van der Waals surface area (Å²) in [6, 6.07) is 9.30. The summed E-state index contributed by atoms with van der Waals surface area (Å²) in [6.45, 7) is 1.96. The van der Waals surface area contributed by atoms with E-state index in [2.05, 4.69) is 25.5 Å². The van der Waals surface area contributed by atoms with Crippen LogP contribution in [0, 0.1) is 6.92 Å². The molecule has 8 heteroatoms. The minimum Gasteiger partial charge on any atom is -0.495 e. The molecule has 0 bridgehead atoms. The number of hydrogen-bond acceptors (Lipinski definition) is 6. The van der Waals surface area contributed by atoms with Crippen molar-refractivity contribution in [2.45, 2.75) is 12.1 Å². The molecule has 2 heterocycles. The number of aromatic amines is 1. The Kier molecular flexibility index (Phi) is 5.30. The Balaban J connectivity index is 1.60. The highest BCUT2D eigenvalue weighted by molar-refractivity contribution is 7.99. The highest BCUT2D eigenvalue weighted by Crippen LogP contribution is 2.26. The number of thioether (sulfide) groups is 1. The number of H-pyrrole nitrogens is 1. The molecule has 0 saturated heterocycles. The summed E-state index contributed by atoms with van der Waals surface area (Å²) >= 11 is 1.26. The van der Waals surface area contributed by atoms with Gasteiger partial charge >= 0.3 is 0 Å². The number of aromatic nitrogens is 4. The molecule has 128 valence electrons. The Morgan fingerprint density at radius 3 is 2.84 bits per heavy atom. The number of hydrogen-bond donors (Lipinski definition) is 2. The summed E-state index contributed by atoms with van der Waals surface area (Å²) in [7, 11) is 1.57. The van der Waals surface area contributed by atoms with Crippen LogP contribution in [0.4, 0.5) is 5.69 Å². The molecular weight excluding hydrogens is 338 g/mol. The number of amides is 1. The molecule has 0 fully saturated rings. The van der Waals surface area contributed by atoms with E-state index in [9.17, 15) is 4.79 Å². The van der Waals surface area contributed by atoms with E-state index < -0.39 is 0 Å². The van der Waals surface area contributed by atoms with Gasteiger partial charge in [0, 0.05) is 18.0 Å². The lowest BCUT2D eigenvalue weighted by Crippen LogP contribution is -2.15. The van der Waals surface area contributed by atoms with Crippen LogP contribution in [0.5, 0.6) is 5.75 Å². The number of methoxy groups -OCH3 is 1. The predicted octanol–water partition coefficient (Wildman–Crippen LogP) is 2.91. The number of carbonyl (C=O) groups is 1. The van der Waals surface area contributed by atoms with Crippen LogP contribution in [-0.4, -0.2) is 38.9 Å². The molecule has 0 aliphatic carbocycles. The number of rotatable bonds is 6. The molecule has 1 amide bonds. The van der Waals surface area contributed by atoms with Gasteiger partial charge in [0.1, 0.15) is 5.75 Å². The second kappa shape index (κ2) is 7.80. The molecule has 0 radical (unpaired) electrons. The van der Waals surface area contributed by atoms with Gasteiger partial charge in [-0.3, -0.25) is 14.9 Å². The summed E-state index contributed by atoms with van der Waals surface area (Å²) in [5.74, 6) is 1.32. The number of aryl methyl sites for hydroxylation is 1. The Morgan fingerprint density at radius 2 is 2.08 bits per heavy atom. The molecule has 0 spiro atoms. The molecular formula is C17H17N5O2S. The van der Waals surface area contributed by atoms with Crippen LogP contribution in [0.3, 0.4) is 0 Å². The van der Waals surface area contributed by atoms with Gasteiger partial charge in [0.15, 0.2) is 5.82 Å². The van der Waals surface area contributed by atoms with Gasteiger partial charge in [-0.1, -0.05) is 17.8 Å². The number of ether oxygens (including phenoxy) is 1. The summed E-state index contributed by atoms with van der Waals surface area (Å²) in [5, 5.41) is 10.3. The van der Waals surface area contributed by atoms with Crippen molar-refractivity contribution in [2.75, 3.05) is 18.2 Å². The van der Waals surface area contributed by atoms with Crippen molar-refractivity contribution in [2.24, 2.45) is 0 Å². The number of anilines is 1. The monoisotopic (exact) mass is 355 g/mol. The fourth-order valence-electron chi connectivity index (χ4n) is 2.19. The van der Waals surface area contributed by atoms with Crippen molar-refractivity contribution in [1.29, 1.82) is 0 Å². The zero-order chi connectivity index (χ0) is 17.6. The molecule has 0 atom stereocenters. The van der Waals surface area contributed by atoms with E-state index >= 15 is 0 Å². The van der Waals surface area contributed by atoms with Gasteiger partial charge in [0.2, 0.25) is 11.1 Å². The molecule has 3 rings (SSSR count). The maximum atomic E-state index is 12.2. The Labute approximate surface area is 149 Å². The number of nitrogens with zero attached hydrogens (tertiary/aromatic N) is 3. The standard InChI is InChI=1S/C17H17N5O2S/c1-11-3-4-14(24-2)13(9-11)19-15(23)10-25-17-20-16(21-22-17)12-5-7-18-8-6-12/h3-9H,10H2,1-2H3,(H,19,23)(H,20,21,22). The van der Waals surface area contributed by atoms with Gasteiger partial charge in [-0.25, -0.2) is 4.98 Å². The Hall–Kier alpha value is -2.87.